The Labute approximate surface area is 178 Å². The number of hydrogen-bond acceptors (Lipinski definition) is 7. The lowest BCUT2D eigenvalue weighted by molar-refractivity contribution is -0.384. The summed E-state index contributed by atoms with van der Waals surface area (Å²) in [6, 6.07) is 19.0. The molecule has 3 aromatic carbocycles. The van der Waals surface area contributed by atoms with Gasteiger partial charge in [0.2, 0.25) is 0 Å². The monoisotopic (exact) mass is 420 g/mol. The number of aliphatic imine (C=N–C) groups is 1. The van der Waals surface area contributed by atoms with Crippen molar-refractivity contribution in [2.75, 3.05) is 6.61 Å². The molecule has 0 unspecified atom stereocenters. The molecule has 0 amide bonds. The second-order valence-corrected chi connectivity index (χ2v) is 7.11. The zero-order chi connectivity index (χ0) is 21.8. The smallest absolute Gasteiger partial charge is 0.269 e. The van der Waals surface area contributed by atoms with E-state index in [-0.39, 0.29) is 23.8 Å². The summed E-state index contributed by atoms with van der Waals surface area (Å²) < 4.78 is 12.0. The number of phenols is 2. The largest absolute Gasteiger partial charge is 0.508 e. The molecule has 1 fully saturated rings. The molecule has 1 heterocycles. The van der Waals surface area contributed by atoms with Crippen molar-refractivity contribution in [1.82, 2.24) is 0 Å². The van der Waals surface area contributed by atoms with E-state index in [0.29, 0.717) is 5.56 Å². The van der Waals surface area contributed by atoms with Gasteiger partial charge in [-0.25, -0.2) is 0 Å². The first-order valence-electron chi connectivity index (χ1n) is 9.62. The molecule has 0 bridgehead atoms. The third kappa shape index (κ3) is 4.88. The first-order chi connectivity index (χ1) is 15.0. The molecule has 3 aromatic rings. The highest BCUT2D eigenvalue weighted by Gasteiger charge is 2.34. The molecule has 0 aromatic heterocycles. The molecule has 31 heavy (non-hydrogen) atoms. The predicted octanol–water partition coefficient (Wildman–Crippen LogP) is 4.28. The van der Waals surface area contributed by atoms with Gasteiger partial charge in [-0.3, -0.25) is 15.1 Å². The molecular formula is C23H20N2O6. The first-order valence-corrected chi connectivity index (χ1v) is 9.62. The molecule has 1 aliphatic heterocycles. The highest BCUT2D eigenvalue weighted by molar-refractivity contribution is 5.80. The van der Waals surface area contributed by atoms with Crippen LogP contribution in [0.25, 0.3) is 0 Å². The molecule has 0 aliphatic carbocycles. The Morgan fingerprint density at radius 2 is 1.68 bits per heavy atom. The van der Waals surface area contributed by atoms with Gasteiger partial charge in [0.25, 0.3) is 5.69 Å². The Balaban J connectivity index is 1.62. The van der Waals surface area contributed by atoms with Crippen LogP contribution >= 0.6 is 0 Å². The van der Waals surface area contributed by atoms with Crippen LogP contribution in [0.1, 0.15) is 29.1 Å². The van der Waals surface area contributed by atoms with Gasteiger partial charge in [0.15, 0.2) is 6.29 Å². The van der Waals surface area contributed by atoms with Gasteiger partial charge >= 0.3 is 0 Å². The summed E-state index contributed by atoms with van der Waals surface area (Å²) in [6.45, 7) is 0.233. The summed E-state index contributed by atoms with van der Waals surface area (Å²) in [4.78, 5) is 15.1. The molecule has 1 aliphatic rings. The quantitative estimate of drug-likeness (QED) is 0.362. The van der Waals surface area contributed by atoms with E-state index < -0.39 is 23.4 Å². The minimum atomic E-state index is -0.723. The lowest BCUT2D eigenvalue weighted by atomic mass is 10.0. The van der Waals surface area contributed by atoms with E-state index in [1.807, 2.05) is 6.07 Å². The van der Waals surface area contributed by atoms with E-state index in [1.54, 1.807) is 60.8 Å². The fourth-order valence-electron chi connectivity index (χ4n) is 3.38. The van der Waals surface area contributed by atoms with Crippen molar-refractivity contribution >= 4 is 11.9 Å². The minimum absolute atomic E-state index is 0.0137. The maximum absolute atomic E-state index is 11.0. The van der Waals surface area contributed by atoms with E-state index in [0.717, 1.165) is 11.1 Å². The minimum Gasteiger partial charge on any atom is -0.508 e. The van der Waals surface area contributed by atoms with E-state index in [1.165, 1.54) is 12.1 Å². The lowest BCUT2D eigenvalue weighted by Gasteiger charge is -2.35. The van der Waals surface area contributed by atoms with Crippen LogP contribution in [0.4, 0.5) is 5.69 Å². The normalized spacial score (nSPS) is 21.2. The maximum atomic E-state index is 11.0. The number of hydrogen-bond donors (Lipinski definition) is 2. The molecule has 2 N–H and O–H groups in total. The van der Waals surface area contributed by atoms with Crippen LogP contribution in [0.15, 0.2) is 77.8 Å². The average molecular weight is 420 g/mol. The average Bonchev–Trinajstić information content (AvgIpc) is 2.78. The number of non-ortho nitro benzene ring substituents is 1. The second-order valence-electron chi connectivity index (χ2n) is 7.11. The van der Waals surface area contributed by atoms with E-state index >= 15 is 0 Å². The molecule has 8 nitrogen and oxygen atoms in total. The molecule has 0 radical (unpaired) electrons. The fourth-order valence-corrected chi connectivity index (χ4v) is 3.38. The number of rotatable bonds is 5. The summed E-state index contributed by atoms with van der Waals surface area (Å²) in [5, 5.41) is 30.4. The second kappa shape index (κ2) is 8.95. The molecule has 4 rings (SSSR count). The van der Waals surface area contributed by atoms with Gasteiger partial charge in [-0.1, -0.05) is 24.3 Å². The maximum Gasteiger partial charge on any atom is 0.269 e. The van der Waals surface area contributed by atoms with Crippen LogP contribution in [0.2, 0.25) is 0 Å². The van der Waals surface area contributed by atoms with Crippen molar-refractivity contribution in [2.24, 2.45) is 4.99 Å². The Kier molecular flexibility index (Phi) is 5.92. The summed E-state index contributed by atoms with van der Waals surface area (Å²) >= 11 is 0. The van der Waals surface area contributed by atoms with Crippen molar-refractivity contribution < 1.29 is 24.6 Å². The predicted molar refractivity (Wildman–Crippen MR) is 113 cm³/mol. The number of ether oxygens (including phenoxy) is 2. The van der Waals surface area contributed by atoms with Crippen molar-refractivity contribution in [3.8, 4) is 11.5 Å². The van der Waals surface area contributed by atoms with Crippen LogP contribution in [-0.2, 0) is 9.47 Å². The summed E-state index contributed by atoms with van der Waals surface area (Å²) in [7, 11) is 0. The number of nitro benzene ring substituents is 1. The van der Waals surface area contributed by atoms with Gasteiger partial charge in [0.05, 0.1) is 11.5 Å². The Morgan fingerprint density at radius 3 is 2.35 bits per heavy atom. The van der Waals surface area contributed by atoms with Crippen LogP contribution in [0, 0.1) is 10.1 Å². The van der Waals surface area contributed by atoms with E-state index in [2.05, 4.69) is 4.99 Å². The van der Waals surface area contributed by atoms with E-state index in [4.69, 9.17) is 9.47 Å². The van der Waals surface area contributed by atoms with Gasteiger partial charge in [0, 0.05) is 23.9 Å². The molecule has 0 spiro atoms. The van der Waals surface area contributed by atoms with Crippen LogP contribution in [0.5, 0.6) is 11.5 Å². The molecule has 0 saturated carbocycles. The van der Waals surface area contributed by atoms with Crippen LogP contribution in [0.3, 0.4) is 0 Å². The van der Waals surface area contributed by atoms with Crippen molar-refractivity contribution in [2.45, 2.75) is 18.4 Å². The third-order valence-corrected chi connectivity index (χ3v) is 4.90. The van der Waals surface area contributed by atoms with Gasteiger partial charge in [0.1, 0.15) is 23.6 Å². The SMILES string of the molecule is O=[N+]([O-])c1ccc([C@@H]2O[C@H](c3cccc(O)c3)OC[C@@H]2N=Cc2cccc(O)c2)cc1. The lowest BCUT2D eigenvalue weighted by Crippen LogP contribution is -2.33. The molecular weight excluding hydrogens is 400 g/mol. The standard InChI is InChI=1S/C23H20N2O6/c26-19-5-1-3-15(11-19)13-24-21-14-30-23(17-4-2-6-20(27)12-17)31-22(21)16-7-9-18(10-8-16)25(28)29/h1-13,21-23,26-27H,14H2/t21-,22-,23+/m0/s1. The molecule has 8 heteroatoms. The highest BCUT2D eigenvalue weighted by atomic mass is 16.7. The zero-order valence-corrected chi connectivity index (χ0v) is 16.4. The highest BCUT2D eigenvalue weighted by Crippen LogP contribution is 2.37. The van der Waals surface area contributed by atoms with Gasteiger partial charge in [-0.15, -0.1) is 0 Å². The zero-order valence-electron chi connectivity index (χ0n) is 16.4. The summed E-state index contributed by atoms with van der Waals surface area (Å²) in [5.74, 6) is 0.233. The van der Waals surface area contributed by atoms with Crippen molar-refractivity contribution in [3.05, 3.63) is 99.6 Å². The number of aromatic hydroxyl groups is 2. The Hall–Kier alpha value is -3.75. The fraction of sp³-hybridized carbons (Fsp3) is 0.174. The Bertz CT molecular complexity index is 1100. The van der Waals surface area contributed by atoms with E-state index in [9.17, 15) is 20.3 Å². The Morgan fingerprint density at radius 1 is 0.968 bits per heavy atom. The third-order valence-electron chi connectivity index (χ3n) is 4.90. The van der Waals surface area contributed by atoms with Crippen LogP contribution < -0.4 is 0 Å². The van der Waals surface area contributed by atoms with Crippen molar-refractivity contribution in [1.29, 1.82) is 0 Å². The number of nitro groups is 1. The van der Waals surface area contributed by atoms with Crippen molar-refractivity contribution in [3.63, 3.8) is 0 Å². The van der Waals surface area contributed by atoms with Gasteiger partial charge in [-0.2, -0.15) is 0 Å². The first kappa shape index (κ1) is 20.5. The number of nitrogens with zero attached hydrogens (tertiary/aromatic N) is 2. The summed E-state index contributed by atoms with van der Waals surface area (Å²) in [6.07, 6.45) is 0.374. The molecule has 158 valence electrons. The van der Waals surface area contributed by atoms with Crippen LogP contribution in [-0.4, -0.2) is 34.0 Å². The van der Waals surface area contributed by atoms with Gasteiger partial charge in [-0.05, 0) is 47.5 Å². The molecule has 1 saturated heterocycles. The summed E-state index contributed by atoms with van der Waals surface area (Å²) in [5.41, 5.74) is 2.08. The number of benzene rings is 3. The van der Waals surface area contributed by atoms with Gasteiger partial charge < -0.3 is 19.7 Å². The molecule has 3 atom stereocenters. The topological polar surface area (TPSA) is 114 Å². The number of phenolic OH excluding ortho intramolecular Hbond substituents is 2.